The van der Waals surface area contributed by atoms with E-state index in [9.17, 15) is 22.0 Å². The van der Waals surface area contributed by atoms with E-state index in [1.54, 1.807) is 24.3 Å². The standard InChI is InChI=1S/C15H6F5.2ClH.Hf/c16-11-10(12(17)14(19)15(20)13(11)18)9-5-7-3-1-2-4-8(7)6-9;;;/h1-6H;2*1H;/q-1;;;. The zero-order chi connectivity index (χ0) is 14.4. The van der Waals surface area contributed by atoms with Crippen molar-refractivity contribution in [3.8, 4) is 11.1 Å². The molecule has 0 aromatic heterocycles. The molecular weight excluding hydrogens is 525 g/mol. The van der Waals surface area contributed by atoms with Crippen molar-refractivity contribution in [2.75, 3.05) is 0 Å². The van der Waals surface area contributed by atoms with E-state index in [2.05, 4.69) is 0 Å². The Morgan fingerprint density at radius 1 is 0.696 bits per heavy atom. The Hall–Kier alpha value is -0.850. The molecular formula is C15H8Cl2F5Hf-. The quantitative estimate of drug-likeness (QED) is 0.123. The van der Waals surface area contributed by atoms with Crippen molar-refractivity contribution in [3.05, 3.63) is 65.5 Å². The Morgan fingerprint density at radius 2 is 1.17 bits per heavy atom. The summed E-state index contributed by atoms with van der Waals surface area (Å²) in [5.74, 6) is -9.68. The van der Waals surface area contributed by atoms with Gasteiger partial charge in [-0.05, 0) is 5.56 Å². The van der Waals surface area contributed by atoms with Crippen molar-refractivity contribution in [2.24, 2.45) is 0 Å². The van der Waals surface area contributed by atoms with Crippen molar-refractivity contribution in [3.63, 3.8) is 0 Å². The first kappa shape index (κ1) is 22.2. The van der Waals surface area contributed by atoms with E-state index in [0.717, 1.165) is 0 Å². The molecule has 0 atom stereocenters. The van der Waals surface area contributed by atoms with E-state index < -0.39 is 34.6 Å². The van der Waals surface area contributed by atoms with Gasteiger partial charge in [-0.1, -0.05) is 18.2 Å². The smallest absolute Gasteiger partial charge is 0.199 e. The second-order valence-corrected chi connectivity index (χ2v) is 4.32. The SMILES string of the molecule is Cl.Cl.Fc1c(F)c(F)c(-c2cc3ccccc3[cH-]2)c(F)c1F.[Hf]. The van der Waals surface area contributed by atoms with Crippen LogP contribution in [0.15, 0.2) is 36.4 Å². The number of hydrogen-bond acceptors (Lipinski definition) is 0. The van der Waals surface area contributed by atoms with Crippen molar-refractivity contribution in [2.45, 2.75) is 0 Å². The molecule has 0 amide bonds. The number of benzene rings is 2. The molecule has 0 heterocycles. The number of rotatable bonds is 1. The van der Waals surface area contributed by atoms with E-state index in [4.69, 9.17) is 0 Å². The van der Waals surface area contributed by atoms with Gasteiger partial charge in [-0.2, -0.15) is 0 Å². The largest absolute Gasteiger partial charge is 0.212 e. The number of hydrogen-bond donors (Lipinski definition) is 0. The predicted octanol–water partition coefficient (Wildman–Crippen LogP) is 5.76. The van der Waals surface area contributed by atoms with Crippen LogP contribution >= 0.6 is 24.8 Å². The van der Waals surface area contributed by atoms with E-state index in [1.165, 1.54) is 12.1 Å². The molecule has 0 bridgehead atoms. The molecule has 0 aliphatic rings. The van der Waals surface area contributed by atoms with Crippen molar-refractivity contribution in [1.29, 1.82) is 0 Å². The van der Waals surface area contributed by atoms with Crippen LogP contribution in [0.25, 0.3) is 21.9 Å². The van der Waals surface area contributed by atoms with Crippen LogP contribution in [0.4, 0.5) is 22.0 Å². The van der Waals surface area contributed by atoms with Crippen molar-refractivity contribution in [1.82, 2.24) is 0 Å². The maximum Gasteiger partial charge on any atom is 0.199 e. The summed E-state index contributed by atoms with van der Waals surface area (Å²) in [5.41, 5.74) is -0.948. The van der Waals surface area contributed by atoms with Gasteiger partial charge in [0.1, 0.15) is 11.6 Å². The van der Waals surface area contributed by atoms with E-state index in [1.807, 2.05) is 0 Å². The third-order valence-electron chi connectivity index (χ3n) is 3.12. The van der Waals surface area contributed by atoms with Gasteiger partial charge in [0.05, 0.1) is 0 Å². The zero-order valence-electron chi connectivity index (χ0n) is 11.2. The predicted molar refractivity (Wildman–Crippen MR) is 79.3 cm³/mol. The van der Waals surface area contributed by atoms with Crippen LogP contribution in [0, 0.1) is 29.1 Å². The van der Waals surface area contributed by atoms with Crippen LogP contribution in [-0.2, 0) is 25.8 Å². The summed E-state index contributed by atoms with van der Waals surface area (Å²) >= 11 is 0. The van der Waals surface area contributed by atoms with Crippen molar-refractivity contribution < 1.29 is 47.8 Å². The molecule has 0 nitrogen and oxygen atoms in total. The van der Waals surface area contributed by atoms with Crippen LogP contribution in [0.3, 0.4) is 0 Å². The van der Waals surface area contributed by atoms with Gasteiger partial charge in [0.25, 0.3) is 0 Å². The summed E-state index contributed by atoms with van der Waals surface area (Å²) in [6, 6.07) is 9.56. The Balaban J connectivity index is 0.00000161. The van der Waals surface area contributed by atoms with Crippen LogP contribution in [0.5, 0.6) is 0 Å². The summed E-state index contributed by atoms with van der Waals surface area (Å²) in [5, 5.41) is 1.32. The van der Waals surface area contributed by atoms with Gasteiger partial charge < -0.3 is 0 Å². The monoisotopic (exact) mass is 533 g/mol. The minimum Gasteiger partial charge on any atom is -0.212 e. The van der Waals surface area contributed by atoms with Gasteiger partial charge >= 0.3 is 0 Å². The summed E-state index contributed by atoms with van der Waals surface area (Å²) in [7, 11) is 0. The van der Waals surface area contributed by atoms with Gasteiger partial charge in [0.15, 0.2) is 17.5 Å². The first-order chi connectivity index (χ1) is 9.50. The van der Waals surface area contributed by atoms with Crippen molar-refractivity contribution >= 4 is 35.6 Å². The van der Waals surface area contributed by atoms with E-state index in [-0.39, 0.29) is 56.2 Å². The summed E-state index contributed by atoms with van der Waals surface area (Å²) in [6.45, 7) is 0. The van der Waals surface area contributed by atoms with Crippen LogP contribution in [0.2, 0.25) is 0 Å². The van der Waals surface area contributed by atoms with Crippen LogP contribution < -0.4 is 0 Å². The Morgan fingerprint density at radius 3 is 1.70 bits per heavy atom. The normalized spacial score (nSPS) is 9.78. The third kappa shape index (κ3) is 3.64. The first-order valence-electron chi connectivity index (χ1n) is 5.68. The molecule has 0 fully saturated rings. The maximum absolute atomic E-state index is 13.7. The molecule has 3 aromatic carbocycles. The fourth-order valence-electron chi connectivity index (χ4n) is 2.15. The minimum absolute atomic E-state index is 0. The fourth-order valence-corrected chi connectivity index (χ4v) is 2.15. The average molecular weight is 533 g/mol. The van der Waals surface area contributed by atoms with Gasteiger partial charge in [0, 0.05) is 25.8 Å². The molecule has 0 N–H and O–H groups in total. The Kier molecular flexibility index (Phi) is 8.00. The molecule has 8 heteroatoms. The van der Waals surface area contributed by atoms with Gasteiger partial charge in [0.2, 0.25) is 0 Å². The Bertz CT molecular complexity index is 770. The first-order valence-corrected chi connectivity index (χ1v) is 5.68. The molecule has 122 valence electrons. The molecule has 0 saturated heterocycles. The number of halogens is 7. The Labute approximate surface area is 159 Å². The fraction of sp³-hybridized carbons (Fsp3) is 0. The molecule has 0 radical (unpaired) electrons. The topological polar surface area (TPSA) is 0 Å². The van der Waals surface area contributed by atoms with Crippen LogP contribution in [0.1, 0.15) is 0 Å². The molecule has 0 saturated carbocycles. The molecule has 0 unspecified atom stereocenters. The molecule has 23 heavy (non-hydrogen) atoms. The van der Waals surface area contributed by atoms with E-state index in [0.29, 0.717) is 10.8 Å². The van der Waals surface area contributed by atoms with Gasteiger partial charge in [-0.15, -0.1) is 59.3 Å². The second-order valence-electron chi connectivity index (χ2n) is 4.32. The molecule has 3 aromatic rings. The summed E-state index contributed by atoms with van der Waals surface area (Å²) in [4.78, 5) is 0. The molecule has 0 spiro atoms. The van der Waals surface area contributed by atoms with Crippen LogP contribution in [-0.4, -0.2) is 0 Å². The molecule has 0 aliphatic heterocycles. The van der Waals surface area contributed by atoms with E-state index >= 15 is 0 Å². The molecule has 0 aliphatic carbocycles. The summed E-state index contributed by atoms with van der Waals surface area (Å²) < 4.78 is 66.7. The third-order valence-corrected chi connectivity index (χ3v) is 3.12. The zero-order valence-corrected chi connectivity index (χ0v) is 16.4. The number of fused-ring (bicyclic) bond motifs is 1. The van der Waals surface area contributed by atoms with Gasteiger partial charge in [-0.25, -0.2) is 22.0 Å². The second kappa shape index (κ2) is 8.31. The summed E-state index contributed by atoms with van der Waals surface area (Å²) in [6.07, 6.45) is 0. The van der Waals surface area contributed by atoms with Gasteiger partial charge in [-0.3, -0.25) is 0 Å². The maximum atomic E-state index is 13.7. The minimum atomic E-state index is -2.15. The molecule has 3 rings (SSSR count). The average Bonchev–Trinajstić information content (AvgIpc) is 2.86.